The maximum atomic E-state index is 9.96. The Labute approximate surface area is 92.7 Å². The van der Waals surface area contributed by atoms with Crippen molar-refractivity contribution in [3.63, 3.8) is 0 Å². The highest BCUT2D eigenvalue weighted by molar-refractivity contribution is 4.86. The molecule has 0 aromatic carbocycles. The number of hydrogen-bond acceptors (Lipinski definition) is 3. The topological polar surface area (TPSA) is 47.3 Å². The van der Waals surface area contributed by atoms with E-state index in [9.17, 15) is 5.11 Å². The van der Waals surface area contributed by atoms with E-state index in [1.807, 2.05) is 6.92 Å². The molecule has 0 aromatic heterocycles. The standard InChI is InChI=1S/C12H22N2O/c1-3-11(5-8-13)14-9-4-6-12(2,15)7-10-14/h11,15H,3-7,9-10H2,1-2H3. The normalized spacial score (nSPS) is 30.5. The second-order valence-electron chi connectivity index (χ2n) is 4.81. The van der Waals surface area contributed by atoms with Crippen molar-refractivity contribution in [2.45, 2.75) is 57.6 Å². The molecule has 0 radical (unpaired) electrons. The molecule has 1 saturated heterocycles. The zero-order chi connectivity index (χ0) is 11.3. The quantitative estimate of drug-likeness (QED) is 0.774. The van der Waals surface area contributed by atoms with E-state index in [1.165, 1.54) is 0 Å². The minimum Gasteiger partial charge on any atom is -0.390 e. The molecule has 0 bridgehead atoms. The third-order valence-corrected chi connectivity index (χ3v) is 3.41. The second kappa shape index (κ2) is 5.48. The van der Waals surface area contributed by atoms with Crippen molar-refractivity contribution < 1.29 is 5.11 Å². The van der Waals surface area contributed by atoms with Gasteiger partial charge in [0.2, 0.25) is 0 Å². The highest BCUT2D eigenvalue weighted by Gasteiger charge is 2.27. The molecule has 1 aliphatic rings. The van der Waals surface area contributed by atoms with Crippen molar-refractivity contribution in [1.29, 1.82) is 5.26 Å². The molecule has 3 nitrogen and oxygen atoms in total. The second-order valence-corrected chi connectivity index (χ2v) is 4.81. The molecule has 1 heterocycles. The van der Waals surface area contributed by atoms with Crippen molar-refractivity contribution >= 4 is 0 Å². The number of likely N-dealkylation sites (tertiary alicyclic amines) is 1. The number of rotatable bonds is 3. The van der Waals surface area contributed by atoms with Crippen LogP contribution in [0.3, 0.4) is 0 Å². The Hall–Kier alpha value is -0.590. The lowest BCUT2D eigenvalue weighted by atomic mass is 9.98. The summed E-state index contributed by atoms with van der Waals surface area (Å²) in [5, 5.41) is 18.7. The summed E-state index contributed by atoms with van der Waals surface area (Å²) in [6.45, 7) is 6.00. The van der Waals surface area contributed by atoms with Gasteiger partial charge in [0.05, 0.1) is 18.1 Å². The first-order valence-corrected chi connectivity index (χ1v) is 5.92. The lowest BCUT2D eigenvalue weighted by Gasteiger charge is -2.28. The van der Waals surface area contributed by atoms with Crippen LogP contribution in [0.25, 0.3) is 0 Å². The predicted molar refractivity (Wildman–Crippen MR) is 60.4 cm³/mol. The molecule has 0 amide bonds. The van der Waals surface area contributed by atoms with E-state index in [0.717, 1.165) is 38.8 Å². The molecule has 86 valence electrons. The lowest BCUT2D eigenvalue weighted by Crippen LogP contribution is -2.36. The predicted octanol–water partition coefficient (Wildman–Crippen LogP) is 1.92. The molecule has 0 aliphatic carbocycles. The maximum Gasteiger partial charge on any atom is 0.0638 e. The van der Waals surface area contributed by atoms with E-state index in [-0.39, 0.29) is 0 Å². The van der Waals surface area contributed by atoms with Crippen LogP contribution in [-0.4, -0.2) is 34.7 Å². The van der Waals surface area contributed by atoms with Gasteiger partial charge in [-0.25, -0.2) is 0 Å². The van der Waals surface area contributed by atoms with Crippen LogP contribution in [0.5, 0.6) is 0 Å². The van der Waals surface area contributed by atoms with Crippen LogP contribution in [0.4, 0.5) is 0 Å². The van der Waals surface area contributed by atoms with Gasteiger partial charge < -0.3 is 5.11 Å². The molecule has 2 unspecified atom stereocenters. The third kappa shape index (κ3) is 3.81. The van der Waals surface area contributed by atoms with Crippen molar-refractivity contribution in [3.8, 4) is 6.07 Å². The molecular formula is C12H22N2O. The zero-order valence-corrected chi connectivity index (χ0v) is 9.87. The van der Waals surface area contributed by atoms with Gasteiger partial charge in [0, 0.05) is 12.6 Å². The Morgan fingerprint density at radius 1 is 1.47 bits per heavy atom. The van der Waals surface area contributed by atoms with Crippen molar-refractivity contribution in [2.75, 3.05) is 13.1 Å². The fourth-order valence-corrected chi connectivity index (χ4v) is 2.29. The number of nitrogens with zero attached hydrogens (tertiary/aromatic N) is 2. The van der Waals surface area contributed by atoms with E-state index in [2.05, 4.69) is 17.9 Å². The van der Waals surface area contributed by atoms with Gasteiger partial charge in [0.15, 0.2) is 0 Å². The minimum absolute atomic E-state index is 0.379. The van der Waals surface area contributed by atoms with Crippen LogP contribution < -0.4 is 0 Å². The van der Waals surface area contributed by atoms with Crippen molar-refractivity contribution in [3.05, 3.63) is 0 Å². The summed E-state index contributed by atoms with van der Waals surface area (Å²) >= 11 is 0. The molecular weight excluding hydrogens is 188 g/mol. The first-order chi connectivity index (χ1) is 7.09. The summed E-state index contributed by atoms with van der Waals surface area (Å²) in [6.07, 6.45) is 4.38. The molecule has 3 heteroatoms. The molecule has 2 atom stereocenters. The Kier molecular flexibility index (Phi) is 4.56. The zero-order valence-electron chi connectivity index (χ0n) is 9.87. The lowest BCUT2D eigenvalue weighted by molar-refractivity contribution is 0.0430. The average Bonchev–Trinajstić information content (AvgIpc) is 2.36. The van der Waals surface area contributed by atoms with Gasteiger partial charge in [-0.2, -0.15) is 5.26 Å². The van der Waals surface area contributed by atoms with Gasteiger partial charge in [-0.15, -0.1) is 0 Å². The van der Waals surface area contributed by atoms with E-state index in [4.69, 9.17) is 5.26 Å². The van der Waals surface area contributed by atoms with Crippen LogP contribution in [0.15, 0.2) is 0 Å². The summed E-state index contributed by atoms with van der Waals surface area (Å²) in [5.41, 5.74) is -0.500. The van der Waals surface area contributed by atoms with E-state index < -0.39 is 5.60 Å². The Bertz CT molecular complexity index is 232. The highest BCUT2D eigenvalue weighted by Crippen LogP contribution is 2.23. The smallest absolute Gasteiger partial charge is 0.0638 e. The van der Waals surface area contributed by atoms with Crippen LogP contribution in [0.1, 0.15) is 46.0 Å². The maximum absolute atomic E-state index is 9.96. The fraction of sp³-hybridized carbons (Fsp3) is 0.917. The number of aliphatic hydroxyl groups is 1. The van der Waals surface area contributed by atoms with Gasteiger partial charge in [-0.05, 0) is 39.2 Å². The van der Waals surface area contributed by atoms with E-state index in [0.29, 0.717) is 12.5 Å². The number of hydrogen-bond donors (Lipinski definition) is 1. The Balaban J connectivity index is 2.52. The van der Waals surface area contributed by atoms with Crippen LogP contribution in [-0.2, 0) is 0 Å². The van der Waals surface area contributed by atoms with Crippen LogP contribution >= 0.6 is 0 Å². The van der Waals surface area contributed by atoms with Crippen LogP contribution in [0, 0.1) is 11.3 Å². The summed E-state index contributed by atoms with van der Waals surface area (Å²) in [4.78, 5) is 2.37. The van der Waals surface area contributed by atoms with E-state index in [1.54, 1.807) is 0 Å². The Morgan fingerprint density at radius 2 is 2.20 bits per heavy atom. The molecule has 0 spiro atoms. The van der Waals surface area contributed by atoms with Crippen molar-refractivity contribution in [1.82, 2.24) is 4.90 Å². The van der Waals surface area contributed by atoms with Crippen molar-refractivity contribution in [2.24, 2.45) is 0 Å². The van der Waals surface area contributed by atoms with Gasteiger partial charge in [-0.1, -0.05) is 6.92 Å². The third-order valence-electron chi connectivity index (χ3n) is 3.41. The van der Waals surface area contributed by atoms with Gasteiger partial charge in [-0.3, -0.25) is 4.90 Å². The fourth-order valence-electron chi connectivity index (χ4n) is 2.29. The van der Waals surface area contributed by atoms with Gasteiger partial charge in [0.1, 0.15) is 0 Å². The monoisotopic (exact) mass is 210 g/mol. The summed E-state index contributed by atoms with van der Waals surface area (Å²) < 4.78 is 0. The Morgan fingerprint density at radius 3 is 2.80 bits per heavy atom. The highest BCUT2D eigenvalue weighted by atomic mass is 16.3. The average molecular weight is 210 g/mol. The summed E-state index contributed by atoms with van der Waals surface area (Å²) in [6, 6.07) is 2.63. The van der Waals surface area contributed by atoms with Gasteiger partial charge in [0.25, 0.3) is 0 Å². The van der Waals surface area contributed by atoms with Gasteiger partial charge >= 0.3 is 0 Å². The largest absolute Gasteiger partial charge is 0.390 e. The van der Waals surface area contributed by atoms with Crippen LogP contribution in [0.2, 0.25) is 0 Å². The SMILES string of the molecule is CCC(CC#N)N1CCCC(C)(O)CC1. The molecule has 1 fully saturated rings. The molecule has 0 saturated carbocycles. The number of nitriles is 1. The molecule has 15 heavy (non-hydrogen) atoms. The molecule has 1 N–H and O–H groups in total. The first kappa shape index (κ1) is 12.5. The summed E-state index contributed by atoms with van der Waals surface area (Å²) in [7, 11) is 0. The first-order valence-electron chi connectivity index (χ1n) is 5.92. The molecule has 1 aliphatic heterocycles. The van der Waals surface area contributed by atoms with E-state index >= 15 is 0 Å². The minimum atomic E-state index is -0.500. The molecule has 0 aromatic rings. The molecule has 1 rings (SSSR count). The summed E-state index contributed by atoms with van der Waals surface area (Å²) in [5.74, 6) is 0.